The Labute approximate surface area is 91.0 Å². The molecule has 0 aliphatic carbocycles. The maximum atomic E-state index is 5.45. The SMILES string of the molecule is CCOCc1coc2c(Br)cccc12. The van der Waals surface area contributed by atoms with Crippen LogP contribution in [0.4, 0.5) is 0 Å². The van der Waals surface area contributed by atoms with E-state index in [1.807, 2.05) is 25.1 Å². The highest BCUT2D eigenvalue weighted by atomic mass is 79.9. The molecule has 14 heavy (non-hydrogen) atoms. The summed E-state index contributed by atoms with van der Waals surface area (Å²) in [6.07, 6.45) is 1.76. The van der Waals surface area contributed by atoms with Crippen LogP contribution in [0.3, 0.4) is 0 Å². The summed E-state index contributed by atoms with van der Waals surface area (Å²) in [5.74, 6) is 0. The van der Waals surface area contributed by atoms with E-state index in [0.29, 0.717) is 6.61 Å². The van der Waals surface area contributed by atoms with Gasteiger partial charge in [-0.1, -0.05) is 12.1 Å². The van der Waals surface area contributed by atoms with Gasteiger partial charge in [-0.15, -0.1) is 0 Å². The minimum Gasteiger partial charge on any atom is -0.463 e. The lowest BCUT2D eigenvalue weighted by atomic mass is 10.2. The lowest BCUT2D eigenvalue weighted by Crippen LogP contribution is -1.89. The first-order valence-corrected chi connectivity index (χ1v) is 5.34. The second kappa shape index (κ2) is 4.15. The Morgan fingerprint density at radius 3 is 3.07 bits per heavy atom. The van der Waals surface area contributed by atoms with Crippen molar-refractivity contribution in [3.05, 3.63) is 34.5 Å². The molecule has 0 spiro atoms. The van der Waals surface area contributed by atoms with E-state index >= 15 is 0 Å². The molecule has 0 bridgehead atoms. The molecule has 0 amide bonds. The molecule has 74 valence electrons. The normalized spacial score (nSPS) is 11.0. The van der Waals surface area contributed by atoms with Crippen molar-refractivity contribution in [2.45, 2.75) is 13.5 Å². The predicted molar refractivity (Wildman–Crippen MR) is 59.2 cm³/mol. The van der Waals surface area contributed by atoms with Crippen LogP contribution in [0.25, 0.3) is 11.0 Å². The van der Waals surface area contributed by atoms with E-state index in [1.165, 1.54) is 0 Å². The molecular formula is C11H11BrO2. The van der Waals surface area contributed by atoms with Gasteiger partial charge in [-0.25, -0.2) is 0 Å². The third kappa shape index (κ3) is 1.70. The van der Waals surface area contributed by atoms with E-state index in [4.69, 9.17) is 9.15 Å². The van der Waals surface area contributed by atoms with E-state index in [9.17, 15) is 0 Å². The molecule has 0 unspecified atom stereocenters. The molecule has 2 nitrogen and oxygen atoms in total. The van der Waals surface area contributed by atoms with Crippen LogP contribution in [0.1, 0.15) is 12.5 Å². The first-order valence-electron chi connectivity index (χ1n) is 4.55. The highest BCUT2D eigenvalue weighted by Crippen LogP contribution is 2.28. The van der Waals surface area contributed by atoms with Crippen LogP contribution in [-0.4, -0.2) is 6.61 Å². The number of hydrogen-bond donors (Lipinski definition) is 0. The maximum Gasteiger partial charge on any atom is 0.148 e. The van der Waals surface area contributed by atoms with Crippen LogP contribution in [0, 0.1) is 0 Å². The van der Waals surface area contributed by atoms with E-state index in [2.05, 4.69) is 15.9 Å². The van der Waals surface area contributed by atoms with Gasteiger partial charge in [0.25, 0.3) is 0 Å². The summed E-state index contributed by atoms with van der Waals surface area (Å²) in [4.78, 5) is 0. The minimum absolute atomic E-state index is 0.611. The molecule has 0 aliphatic heterocycles. The average molecular weight is 255 g/mol. The molecule has 0 aliphatic rings. The molecule has 2 aromatic rings. The van der Waals surface area contributed by atoms with Gasteiger partial charge in [0.1, 0.15) is 5.58 Å². The largest absolute Gasteiger partial charge is 0.463 e. The zero-order valence-electron chi connectivity index (χ0n) is 7.92. The molecule has 0 saturated carbocycles. The quantitative estimate of drug-likeness (QED) is 0.833. The van der Waals surface area contributed by atoms with Gasteiger partial charge < -0.3 is 9.15 Å². The molecule has 0 fully saturated rings. The first kappa shape index (κ1) is 9.74. The highest BCUT2D eigenvalue weighted by Gasteiger charge is 2.07. The Balaban J connectivity index is 2.42. The van der Waals surface area contributed by atoms with Crippen LogP contribution in [0.5, 0.6) is 0 Å². The zero-order valence-corrected chi connectivity index (χ0v) is 9.50. The van der Waals surface area contributed by atoms with E-state index < -0.39 is 0 Å². The van der Waals surface area contributed by atoms with Gasteiger partial charge >= 0.3 is 0 Å². The molecule has 0 atom stereocenters. The van der Waals surface area contributed by atoms with E-state index in [0.717, 1.165) is 27.6 Å². The summed E-state index contributed by atoms with van der Waals surface area (Å²) in [6, 6.07) is 6.01. The van der Waals surface area contributed by atoms with E-state index in [-0.39, 0.29) is 0 Å². The van der Waals surface area contributed by atoms with Gasteiger partial charge in [0.2, 0.25) is 0 Å². The summed E-state index contributed by atoms with van der Waals surface area (Å²) in [5, 5.41) is 1.12. The number of hydrogen-bond acceptors (Lipinski definition) is 2. The topological polar surface area (TPSA) is 22.4 Å². The fourth-order valence-corrected chi connectivity index (χ4v) is 1.86. The third-order valence-corrected chi connectivity index (χ3v) is 2.72. The van der Waals surface area contributed by atoms with Crippen molar-refractivity contribution in [2.24, 2.45) is 0 Å². The second-order valence-electron chi connectivity index (χ2n) is 3.01. The maximum absolute atomic E-state index is 5.45. The van der Waals surface area contributed by atoms with Gasteiger partial charge in [0, 0.05) is 17.6 Å². The Morgan fingerprint density at radius 2 is 2.29 bits per heavy atom. The Bertz CT molecular complexity index is 434. The molecule has 0 saturated heterocycles. The van der Waals surface area contributed by atoms with E-state index in [1.54, 1.807) is 6.26 Å². The number of benzene rings is 1. The molecule has 0 radical (unpaired) electrons. The van der Waals surface area contributed by atoms with Gasteiger partial charge in [0.05, 0.1) is 17.3 Å². The van der Waals surface area contributed by atoms with Crippen LogP contribution in [0.15, 0.2) is 33.4 Å². The fraction of sp³-hybridized carbons (Fsp3) is 0.273. The molecule has 3 heteroatoms. The standard InChI is InChI=1S/C11H11BrO2/c1-2-13-6-8-7-14-11-9(8)4-3-5-10(11)12/h3-5,7H,2,6H2,1H3. The van der Waals surface area contributed by atoms with Crippen LogP contribution in [0.2, 0.25) is 0 Å². The predicted octanol–water partition coefficient (Wildman–Crippen LogP) is 3.73. The average Bonchev–Trinajstić information content (AvgIpc) is 2.60. The van der Waals surface area contributed by atoms with Crippen molar-refractivity contribution < 1.29 is 9.15 Å². The van der Waals surface area contributed by atoms with Gasteiger partial charge in [-0.2, -0.15) is 0 Å². The number of halogens is 1. The molecule has 1 heterocycles. The smallest absolute Gasteiger partial charge is 0.148 e. The first-order chi connectivity index (χ1) is 6.83. The zero-order chi connectivity index (χ0) is 9.97. The molecular weight excluding hydrogens is 244 g/mol. The summed E-state index contributed by atoms with van der Waals surface area (Å²) < 4.78 is 11.8. The monoisotopic (exact) mass is 254 g/mol. The Morgan fingerprint density at radius 1 is 1.43 bits per heavy atom. The summed E-state index contributed by atoms with van der Waals surface area (Å²) in [5.41, 5.74) is 1.99. The van der Waals surface area contributed by atoms with Crippen molar-refractivity contribution in [2.75, 3.05) is 6.61 Å². The van der Waals surface area contributed by atoms with Crippen molar-refractivity contribution >= 4 is 26.9 Å². The van der Waals surface area contributed by atoms with Gasteiger partial charge in [0.15, 0.2) is 0 Å². The molecule has 2 rings (SSSR count). The molecule has 1 aromatic heterocycles. The van der Waals surface area contributed by atoms with Crippen LogP contribution in [-0.2, 0) is 11.3 Å². The van der Waals surface area contributed by atoms with Crippen molar-refractivity contribution in [3.63, 3.8) is 0 Å². The van der Waals surface area contributed by atoms with Gasteiger partial charge in [-0.3, -0.25) is 0 Å². The summed E-state index contributed by atoms with van der Waals surface area (Å²) in [7, 11) is 0. The minimum atomic E-state index is 0.611. The Kier molecular flexibility index (Phi) is 2.89. The van der Waals surface area contributed by atoms with Crippen molar-refractivity contribution in [1.29, 1.82) is 0 Å². The van der Waals surface area contributed by atoms with Crippen LogP contribution < -0.4 is 0 Å². The number of rotatable bonds is 3. The number of fused-ring (bicyclic) bond motifs is 1. The lowest BCUT2D eigenvalue weighted by molar-refractivity contribution is 0.134. The van der Waals surface area contributed by atoms with Crippen molar-refractivity contribution in [3.8, 4) is 0 Å². The van der Waals surface area contributed by atoms with Crippen molar-refractivity contribution in [1.82, 2.24) is 0 Å². The third-order valence-electron chi connectivity index (χ3n) is 2.09. The lowest BCUT2D eigenvalue weighted by Gasteiger charge is -1.98. The Hall–Kier alpha value is -0.800. The fourth-order valence-electron chi connectivity index (χ4n) is 1.40. The number of furan rings is 1. The number of para-hydroxylation sites is 1. The summed E-state index contributed by atoms with van der Waals surface area (Å²) >= 11 is 3.44. The summed E-state index contributed by atoms with van der Waals surface area (Å²) in [6.45, 7) is 3.32. The molecule has 1 aromatic carbocycles. The molecule has 0 N–H and O–H groups in total. The van der Waals surface area contributed by atoms with Crippen LogP contribution >= 0.6 is 15.9 Å². The number of ether oxygens (including phenoxy) is 1. The van der Waals surface area contributed by atoms with Gasteiger partial charge in [-0.05, 0) is 28.9 Å². The highest BCUT2D eigenvalue weighted by molar-refractivity contribution is 9.10. The second-order valence-corrected chi connectivity index (χ2v) is 3.87.